The number of piperidine rings is 1. The van der Waals surface area contributed by atoms with E-state index in [9.17, 15) is 4.79 Å². The molecular formula is C22H32N2O3. The third-order valence-corrected chi connectivity index (χ3v) is 5.53. The van der Waals surface area contributed by atoms with Crippen molar-refractivity contribution in [2.75, 3.05) is 46.4 Å². The maximum absolute atomic E-state index is 12.5. The molecule has 5 heteroatoms. The SMILES string of the molecule is Cc1cccc(C)c1/C=C/C1CCN(C(=O)CN(C)CC2OCCO2)CC1. The quantitative estimate of drug-likeness (QED) is 0.770. The number of allylic oxidation sites excluding steroid dienone is 1. The summed E-state index contributed by atoms with van der Waals surface area (Å²) in [5.41, 5.74) is 3.96. The van der Waals surface area contributed by atoms with Gasteiger partial charge in [-0.1, -0.05) is 30.4 Å². The zero-order valence-electron chi connectivity index (χ0n) is 16.8. The van der Waals surface area contributed by atoms with Crippen LogP contribution in [0.2, 0.25) is 0 Å². The van der Waals surface area contributed by atoms with Crippen LogP contribution < -0.4 is 0 Å². The molecule has 1 aromatic rings. The first-order valence-electron chi connectivity index (χ1n) is 9.97. The van der Waals surface area contributed by atoms with Gasteiger partial charge in [0.15, 0.2) is 6.29 Å². The van der Waals surface area contributed by atoms with E-state index in [0.717, 1.165) is 25.9 Å². The van der Waals surface area contributed by atoms with Crippen LogP contribution in [0.25, 0.3) is 6.08 Å². The fourth-order valence-corrected chi connectivity index (χ4v) is 3.83. The van der Waals surface area contributed by atoms with Crippen LogP contribution in [0.4, 0.5) is 0 Å². The molecule has 0 bridgehead atoms. The number of hydrogen-bond donors (Lipinski definition) is 0. The molecule has 5 nitrogen and oxygen atoms in total. The molecule has 2 aliphatic rings. The Balaban J connectivity index is 1.44. The summed E-state index contributed by atoms with van der Waals surface area (Å²) >= 11 is 0. The largest absolute Gasteiger partial charge is 0.349 e. The van der Waals surface area contributed by atoms with Crippen molar-refractivity contribution in [3.05, 3.63) is 41.0 Å². The highest BCUT2D eigenvalue weighted by Gasteiger charge is 2.24. The third-order valence-electron chi connectivity index (χ3n) is 5.53. The summed E-state index contributed by atoms with van der Waals surface area (Å²) in [6.45, 7) is 8.35. The van der Waals surface area contributed by atoms with Gasteiger partial charge in [-0.2, -0.15) is 0 Å². The van der Waals surface area contributed by atoms with Gasteiger partial charge in [-0.05, 0) is 56.3 Å². The number of nitrogens with zero attached hydrogens (tertiary/aromatic N) is 2. The number of likely N-dealkylation sites (tertiary alicyclic amines) is 1. The van der Waals surface area contributed by atoms with E-state index in [1.165, 1.54) is 16.7 Å². The molecule has 2 aliphatic heterocycles. The van der Waals surface area contributed by atoms with E-state index in [1.807, 2.05) is 16.8 Å². The van der Waals surface area contributed by atoms with E-state index in [4.69, 9.17) is 9.47 Å². The first-order chi connectivity index (χ1) is 13.0. The van der Waals surface area contributed by atoms with Gasteiger partial charge in [0.25, 0.3) is 0 Å². The Morgan fingerprint density at radius 3 is 2.44 bits per heavy atom. The molecule has 0 spiro atoms. The first-order valence-corrected chi connectivity index (χ1v) is 9.97. The Bertz CT molecular complexity index is 639. The Hall–Kier alpha value is -1.69. The molecule has 0 aliphatic carbocycles. The van der Waals surface area contributed by atoms with Gasteiger partial charge in [-0.15, -0.1) is 0 Å². The van der Waals surface area contributed by atoms with Gasteiger partial charge in [0.05, 0.1) is 19.8 Å². The van der Waals surface area contributed by atoms with E-state index in [0.29, 0.717) is 32.2 Å². The van der Waals surface area contributed by atoms with Gasteiger partial charge in [-0.3, -0.25) is 9.69 Å². The lowest BCUT2D eigenvalue weighted by Crippen LogP contribution is -2.44. The lowest BCUT2D eigenvalue weighted by molar-refractivity contribution is -0.134. The van der Waals surface area contributed by atoms with Crippen LogP contribution >= 0.6 is 0 Å². The molecule has 148 valence electrons. The standard InChI is InChI=1S/C22H32N2O3/c1-17-5-4-6-18(2)20(17)8-7-19-9-11-24(12-10-19)21(25)15-23(3)16-22-26-13-14-27-22/h4-8,19,22H,9-16H2,1-3H3/b8-7+. The zero-order chi connectivity index (χ0) is 19.2. The number of likely N-dealkylation sites (N-methyl/N-ethyl adjacent to an activating group) is 1. The van der Waals surface area contributed by atoms with Crippen molar-refractivity contribution in [2.24, 2.45) is 5.92 Å². The van der Waals surface area contributed by atoms with Crippen molar-refractivity contribution >= 4 is 12.0 Å². The molecule has 0 N–H and O–H groups in total. The third kappa shape index (κ3) is 5.64. The van der Waals surface area contributed by atoms with Crippen LogP contribution in [0, 0.1) is 19.8 Å². The van der Waals surface area contributed by atoms with Crippen molar-refractivity contribution in [3.63, 3.8) is 0 Å². The van der Waals surface area contributed by atoms with Gasteiger partial charge in [0.1, 0.15) is 0 Å². The van der Waals surface area contributed by atoms with E-state index in [2.05, 4.69) is 44.2 Å². The lowest BCUT2D eigenvalue weighted by atomic mass is 9.94. The van der Waals surface area contributed by atoms with Gasteiger partial charge in [0, 0.05) is 19.6 Å². The summed E-state index contributed by atoms with van der Waals surface area (Å²) in [6, 6.07) is 6.42. The van der Waals surface area contributed by atoms with Crippen LogP contribution in [0.15, 0.2) is 24.3 Å². The van der Waals surface area contributed by atoms with Gasteiger partial charge in [-0.25, -0.2) is 0 Å². The number of ether oxygens (including phenoxy) is 2. The molecule has 1 amide bonds. The van der Waals surface area contributed by atoms with Crippen molar-refractivity contribution in [3.8, 4) is 0 Å². The Labute approximate surface area is 162 Å². The predicted octanol–water partition coefficient (Wildman–Crippen LogP) is 2.86. The van der Waals surface area contributed by atoms with Crippen LogP contribution in [-0.4, -0.2) is 68.4 Å². The summed E-state index contributed by atoms with van der Waals surface area (Å²) in [4.78, 5) is 16.5. The molecule has 2 saturated heterocycles. The van der Waals surface area contributed by atoms with Gasteiger partial charge < -0.3 is 14.4 Å². The van der Waals surface area contributed by atoms with Gasteiger partial charge >= 0.3 is 0 Å². The first kappa shape index (κ1) is 20.1. The second-order valence-corrected chi connectivity index (χ2v) is 7.75. The van der Waals surface area contributed by atoms with Crippen molar-refractivity contribution < 1.29 is 14.3 Å². The van der Waals surface area contributed by atoms with Crippen molar-refractivity contribution in [1.29, 1.82) is 0 Å². The minimum Gasteiger partial charge on any atom is -0.349 e. The number of aryl methyl sites for hydroxylation is 2. The number of benzene rings is 1. The average Bonchev–Trinajstić information content (AvgIpc) is 3.14. The second-order valence-electron chi connectivity index (χ2n) is 7.75. The topological polar surface area (TPSA) is 42.0 Å². The van der Waals surface area contributed by atoms with Crippen molar-refractivity contribution in [2.45, 2.75) is 33.0 Å². The highest BCUT2D eigenvalue weighted by atomic mass is 16.7. The fraction of sp³-hybridized carbons (Fsp3) is 0.591. The van der Waals surface area contributed by atoms with E-state index in [-0.39, 0.29) is 12.2 Å². The van der Waals surface area contributed by atoms with E-state index >= 15 is 0 Å². The maximum atomic E-state index is 12.5. The van der Waals surface area contributed by atoms with Crippen LogP contribution in [0.1, 0.15) is 29.5 Å². The molecule has 27 heavy (non-hydrogen) atoms. The minimum absolute atomic E-state index is 0.191. The molecular weight excluding hydrogens is 340 g/mol. The van der Waals surface area contributed by atoms with E-state index < -0.39 is 0 Å². The number of rotatable bonds is 6. The second kappa shape index (κ2) is 9.49. The molecule has 0 unspecified atom stereocenters. The summed E-state index contributed by atoms with van der Waals surface area (Å²) in [5, 5.41) is 0. The summed E-state index contributed by atoms with van der Waals surface area (Å²) in [6.07, 6.45) is 6.47. The highest BCUT2D eigenvalue weighted by Crippen LogP contribution is 2.22. The maximum Gasteiger partial charge on any atom is 0.236 e. The smallest absolute Gasteiger partial charge is 0.236 e. The van der Waals surface area contributed by atoms with Crippen LogP contribution in [-0.2, 0) is 14.3 Å². The van der Waals surface area contributed by atoms with Crippen molar-refractivity contribution in [1.82, 2.24) is 9.80 Å². The normalized spacial score (nSPS) is 19.5. The number of amides is 1. The zero-order valence-corrected chi connectivity index (χ0v) is 16.8. The molecule has 1 aromatic carbocycles. The average molecular weight is 373 g/mol. The molecule has 0 saturated carbocycles. The molecule has 0 atom stereocenters. The predicted molar refractivity (Wildman–Crippen MR) is 107 cm³/mol. The molecule has 2 heterocycles. The van der Waals surface area contributed by atoms with Gasteiger partial charge in [0.2, 0.25) is 5.91 Å². The summed E-state index contributed by atoms with van der Waals surface area (Å²) < 4.78 is 10.9. The monoisotopic (exact) mass is 372 g/mol. The molecule has 0 radical (unpaired) electrons. The van der Waals surface area contributed by atoms with Crippen LogP contribution in [0.5, 0.6) is 0 Å². The fourth-order valence-electron chi connectivity index (χ4n) is 3.83. The molecule has 2 fully saturated rings. The Morgan fingerprint density at radius 2 is 1.81 bits per heavy atom. The Kier molecular flexibility index (Phi) is 7.05. The molecule has 3 rings (SSSR count). The number of hydrogen-bond acceptors (Lipinski definition) is 4. The lowest BCUT2D eigenvalue weighted by Gasteiger charge is -2.32. The Morgan fingerprint density at radius 1 is 1.19 bits per heavy atom. The summed E-state index contributed by atoms with van der Waals surface area (Å²) in [5.74, 6) is 0.749. The van der Waals surface area contributed by atoms with Crippen LogP contribution in [0.3, 0.4) is 0 Å². The number of carbonyl (C=O) groups is 1. The number of carbonyl (C=O) groups excluding carboxylic acids is 1. The molecule has 0 aromatic heterocycles. The highest BCUT2D eigenvalue weighted by molar-refractivity contribution is 5.78. The van der Waals surface area contributed by atoms with E-state index in [1.54, 1.807) is 0 Å². The summed E-state index contributed by atoms with van der Waals surface area (Å²) in [7, 11) is 1.95. The minimum atomic E-state index is -0.191.